The Balaban J connectivity index is 1.82. The van der Waals surface area contributed by atoms with Crippen LogP contribution in [0.1, 0.15) is 39.0 Å². The summed E-state index contributed by atoms with van der Waals surface area (Å²) >= 11 is 0. The van der Waals surface area contributed by atoms with Gasteiger partial charge in [0.1, 0.15) is 12.6 Å². The van der Waals surface area contributed by atoms with Crippen LogP contribution in [0.25, 0.3) is 0 Å². The number of fused-ring (bicyclic) bond motifs is 1. The molecule has 3 rings (SSSR count). The van der Waals surface area contributed by atoms with Crippen LogP contribution in [-0.4, -0.2) is 59.5 Å². The van der Waals surface area contributed by atoms with Gasteiger partial charge in [0, 0.05) is 13.2 Å². The largest absolute Gasteiger partial charge is 0.379 e. The van der Waals surface area contributed by atoms with E-state index in [-0.39, 0.29) is 29.9 Å². The van der Waals surface area contributed by atoms with Gasteiger partial charge in [-0.25, -0.2) is 0 Å². The highest BCUT2D eigenvalue weighted by molar-refractivity contribution is 5.95. The minimum Gasteiger partial charge on any atom is -0.379 e. The van der Waals surface area contributed by atoms with Gasteiger partial charge in [-0.2, -0.15) is 0 Å². The lowest BCUT2D eigenvalue weighted by molar-refractivity contribution is -0.168. The van der Waals surface area contributed by atoms with Crippen molar-refractivity contribution in [2.24, 2.45) is 0 Å². The summed E-state index contributed by atoms with van der Waals surface area (Å²) in [6, 6.07) is -0.214. The molecule has 2 unspecified atom stereocenters. The highest BCUT2D eigenvalue weighted by atomic mass is 16.5. The number of amides is 2. The van der Waals surface area contributed by atoms with Crippen LogP contribution in [0.3, 0.4) is 0 Å². The fraction of sp³-hybridized carbons (Fsp3) is 0.857. The summed E-state index contributed by atoms with van der Waals surface area (Å²) in [6.07, 6.45) is 4.77. The van der Waals surface area contributed by atoms with Gasteiger partial charge in [-0.05, 0) is 39.0 Å². The van der Waals surface area contributed by atoms with E-state index in [1.807, 2.05) is 0 Å². The Kier molecular flexibility index (Phi) is 3.25. The molecule has 3 saturated heterocycles. The molecule has 3 aliphatic heterocycles. The highest BCUT2D eigenvalue weighted by Crippen LogP contribution is 2.32. The van der Waals surface area contributed by atoms with Crippen molar-refractivity contribution in [1.29, 1.82) is 0 Å². The molecule has 0 aromatic carbocycles. The average Bonchev–Trinajstić information content (AvgIpc) is 2.43. The highest BCUT2D eigenvalue weighted by Gasteiger charge is 2.47. The second kappa shape index (κ2) is 4.78. The van der Waals surface area contributed by atoms with Crippen molar-refractivity contribution in [2.75, 3.05) is 26.3 Å². The number of piperidine rings is 1. The van der Waals surface area contributed by atoms with Crippen molar-refractivity contribution in [2.45, 2.75) is 50.6 Å². The van der Waals surface area contributed by atoms with Gasteiger partial charge in [0.25, 0.3) is 0 Å². The molecule has 0 aromatic rings. The van der Waals surface area contributed by atoms with E-state index in [1.54, 1.807) is 9.80 Å². The van der Waals surface area contributed by atoms with Gasteiger partial charge in [0.2, 0.25) is 11.8 Å². The summed E-state index contributed by atoms with van der Waals surface area (Å²) in [7, 11) is 0. The molecule has 0 radical (unpaired) electrons. The maximum atomic E-state index is 12.7. The van der Waals surface area contributed by atoms with Crippen LogP contribution in [0.4, 0.5) is 0 Å². The zero-order valence-corrected chi connectivity index (χ0v) is 11.6. The molecular formula is C14H22N2O3. The van der Waals surface area contributed by atoms with Crippen LogP contribution >= 0.6 is 0 Å². The van der Waals surface area contributed by atoms with Crippen molar-refractivity contribution in [1.82, 2.24) is 9.80 Å². The average molecular weight is 266 g/mol. The molecule has 5 nitrogen and oxygen atoms in total. The third kappa shape index (κ3) is 2.14. The molecule has 3 heterocycles. The molecule has 3 fully saturated rings. The Hall–Kier alpha value is -1.10. The number of hydrogen-bond donors (Lipinski definition) is 0. The number of carbonyl (C=O) groups is 2. The summed E-state index contributed by atoms with van der Waals surface area (Å²) in [5.74, 6) is 0.239. The van der Waals surface area contributed by atoms with E-state index in [1.165, 1.54) is 0 Å². The lowest BCUT2D eigenvalue weighted by atomic mass is 9.89. The Morgan fingerprint density at radius 1 is 1.26 bits per heavy atom. The molecule has 0 aliphatic carbocycles. The van der Waals surface area contributed by atoms with Crippen LogP contribution < -0.4 is 0 Å². The topological polar surface area (TPSA) is 49.9 Å². The lowest BCUT2D eigenvalue weighted by Crippen LogP contribution is -2.67. The maximum absolute atomic E-state index is 12.7. The second-order valence-electron chi connectivity index (χ2n) is 6.18. The van der Waals surface area contributed by atoms with E-state index in [4.69, 9.17) is 4.74 Å². The minimum atomic E-state index is -0.297. The van der Waals surface area contributed by atoms with Gasteiger partial charge >= 0.3 is 0 Å². The summed E-state index contributed by atoms with van der Waals surface area (Å²) < 4.78 is 5.54. The fourth-order valence-electron chi connectivity index (χ4n) is 3.56. The van der Waals surface area contributed by atoms with Crippen LogP contribution in [0, 0.1) is 0 Å². The van der Waals surface area contributed by atoms with Crippen molar-refractivity contribution < 1.29 is 14.3 Å². The summed E-state index contributed by atoms with van der Waals surface area (Å²) in [6.45, 7) is 4.35. The fourth-order valence-corrected chi connectivity index (χ4v) is 3.56. The Bertz CT molecular complexity index is 390. The quantitative estimate of drug-likeness (QED) is 0.704. The first-order valence-corrected chi connectivity index (χ1v) is 7.30. The Labute approximate surface area is 113 Å². The maximum Gasteiger partial charge on any atom is 0.246 e. The van der Waals surface area contributed by atoms with Crippen molar-refractivity contribution >= 4 is 11.8 Å². The minimum absolute atomic E-state index is 0.107. The van der Waals surface area contributed by atoms with E-state index < -0.39 is 0 Å². The number of hydrogen-bond acceptors (Lipinski definition) is 3. The first-order valence-electron chi connectivity index (χ1n) is 7.30. The van der Waals surface area contributed by atoms with Crippen LogP contribution in [0.5, 0.6) is 0 Å². The van der Waals surface area contributed by atoms with E-state index in [2.05, 4.69) is 6.92 Å². The molecule has 0 spiro atoms. The molecule has 0 aromatic heterocycles. The second-order valence-corrected chi connectivity index (χ2v) is 6.18. The van der Waals surface area contributed by atoms with Gasteiger partial charge in [0.05, 0.1) is 12.1 Å². The van der Waals surface area contributed by atoms with Crippen LogP contribution in [-0.2, 0) is 14.3 Å². The molecular weight excluding hydrogens is 244 g/mol. The third-order valence-corrected chi connectivity index (χ3v) is 4.74. The van der Waals surface area contributed by atoms with Gasteiger partial charge in [-0.15, -0.1) is 0 Å². The molecule has 0 bridgehead atoms. The standard InChI is InChI=1S/C14H22N2O3/c1-14(6-4-8-19-10-14)16-9-12(17)15-7-3-2-5-11(15)13(16)18/h11H,2-10H2,1H3. The van der Waals surface area contributed by atoms with Crippen LogP contribution in [0.2, 0.25) is 0 Å². The number of piperazine rings is 1. The molecule has 19 heavy (non-hydrogen) atoms. The number of ether oxygens (including phenoxy) is 1. The zero-order chi connectivity index (χ0) is 13.5. The van der Waals surface area contributed by atoms with Crippen molar-refractivity contribution in [3.8, 4) is 0 Å². The summed E-state index contributed by atoms with van der Waals surface area (Å²) in [5, 5.41) is 0. The van der Waals surface area contributed by atoms with E-state index in [0.29, 0.717) is 6.61 Å². The number of nitrogens with zero attached hydrogens (tertiary/aromatic N) is 2. The summed E-state index contributed by atoms with van der Waals surface area (Å²) in [4.78, 5) is 28.5. The van der Waals surface area contributed by atoms with Crippen molar-refractivity contribution in [3.05, 3.63) is 0 Å². The molecule has 2 atom stereocenters. The zero-order valence-electron chi connectivity index (χ0n) is 11.6. The predicted octanol–water partition coefficient (Wildman–Crippen LogP) is 0.779. The molecule has 106 valence electrons. The number of rotatable bonds is 1. The van der Waals surface area contributed by atoms with Gasteiger partial charge in [-0.1, -0.05) is 0 Å². The lowest BCUT2D eigenvalue weighted by Gasteiger charge is -2.50. The SMILES string of the molecule is CC1(N2CC(=O)N3CCCCC3C2=O)CCCOC1. The van der Waals surface area contributed by atoms with Gasteiger partial charge in [0.15, 0.2) is 0 Å². The van der Waals surface area contributed by atoms with Crippen LogP contribution in [0.15, 0.2) is 0 Å². The number of carbonyl (C=O) groups excluding carboxylic acids is 2. The molecule has 2 amide bonds. The predicted molar refractivity (Wildman–Crippen MR) is 69.5 cm³/mol. The van der Waals surface area contributed by atoms with E-state index in [0.717, 1.165) is 45.3 Å². The first kappa shape index (κ1) is 12.9. The monoisotopic (exact) mass is 266 g/mol. The summed E-state index contributed by atoms with van der Waals surface area (Å²) in [5.41, 5.74) is -0.297. The molecule has 0 N–H and O–H groups in total. The molecule has 0 saturated carbocycles. The van der Waals surface area contributed by atoms with Gasteiger partial charge < -0.3 is 14.5 Å². The smallest absolute Gasteiger partial charge is 0.246 e. The van der Waals surface area contributed by atoms with E-state index >= 15 is 0 Å². The Morgan fingerprint density at radius 3 is 2.84 bits per heavy atom. The first-order chi connectivity index (χ1) is 9.12. The van der Waals surface area contributed by atoms with Crippen molar-refractivity contribution in [3.63, 3.8) is 0 Å². The normalized spacial score (nSPS) is 36.4. The van der Waals surface area contributed by atoms with Gasteiger partial charge in [-0.3, -0.25) is 9.59 Å². The molecule has 5 heteroatoms. The molecule has 3 aliphatic rings. The third-order valence-electron chi connectivity index (χ3n) is 4.74. The Morgan fingerprint density at radius 2 is 2.11 bits per heavy atom. The van der Waals surface area contributed by atoms with E-state index in [9.17, 15) is 9.59 Å².